The first-order valence-corrected chi connectivity index (χ1v) is 8.01. The van der Waals surface area contributed by atoms with Crippen LogP contribution in [0.5, 0.6) is 0 Å². The van der Waals surface area contributed by atoms with Crippen LogP contribution in [0.2, 0.25) is 5.02 Å². The molecule has 1 heterocycles. The minimum Gasteiger partial charge on any atom is -0.480 e. The quantitative estimate of drug-likeness (QED) is 0.825. The maximum Gasteiger partial charge on any atom is 0.327 e. The molecule has 1 aromatic rings. The van der Waals surface area contributed by atoms with Gasteiger partial charge in [0.15, 0.2) is 0 Å². The number of nitrogens with zero attached hydrogens (tertiary/aromatic N) is 1. The van der Waals surface area contributed by atoms with Crippen molar-refractivity contribution in [2.75, 3.05) is 11.1 Å². The molecule has 2 atom stereocenters. The highest BCUT2D eigenvalue weighted by atomic mass is 79.9. The lowest BCUT2D eigenvalue weighted by molar-refractivity contribution is -0.141. The molecule has 1 fully saturated rings. The van der Waals surface area contributed by atoms with E-state index in [-0.39, 0.29) is 5.37 Å². The highest BCUT2D eigenvalue weighted by Crippen LogP contribution is 2.31. The molecule has 2 amide bonds. The van der Waals surface area contributed by atoms with Crippen LogP contribution >= 0.6 is 39.3 Å². The summed E-state index contributed by atoms with van der Waals surface area (Å²) in [5.74, 6) is -0.617. The average Bonchev–Trinajstić information content (AvgIpc) is 2.76. The fourth-order valence-corrected chi connectivity index (χ4v) is 3.61. The summed E-state index contributed by atoms with van der Waals surface area (Å²) >= 11 is 10.7. The van der Waals surface area contributed by atoms with Crippen LogP contribution in [0.3, 0.4) is 0 Å². The molecule has 2 N–H and O–H groups in total. The van der Waals surface area contributed by atoms with Gasteiger partial charge in [0.2, 0.25) is 0 Å². The zero-order valence-electron chi connectivity index (χ0n) is 10.5. The van der Waals surface area contributed by atoms with E-state index in [2.05, 4.69) is 21.2 Å². The van der Waals surface area contributed by atoms with E-state index in [4.69, 9.17) is 16.7 Å². The topological polar surface area (TPSA) is 69.6 Å². The van der Waals surface area contributed by atoms with Crippen molar-refractivity contribution in [3.63, 3.8) is 0 Å². The summed E-state index contributed by atoms with van der Waals surface area (Å²) in [5.41, 5.74) is 0.444. The van der Waals surface area contributed by atoms with E-state index in [1.807, 2.05) is 0 Å². The molecule has 0 bridgehead atoms. The van der Waals surface area contributed by atoms with E-state index in [0.29, 0.717) is 16.5 Å². The van der Waals surface area contributed by atoms with Crippen molar-refractivity contribution in [2.24, 2.45) is 0 Å². The number of aliphatic carboxylic acids is 1. The number of anilines is 1. The fraction of sp³-hybridized carbons (Fsp3) is 0.333. The van der Waals surface area contributed by atoms with Crippen LogP contribution in [0.25, 0.3) is 0 Å². The van der Waals surface area contributed by atoms with Gasteiger partial charge in [0.1, 0.15) is 6.04 Å². The molecular formula is C12H12BrClN2O3S. The summed E-state index contributed by atoms with van der Waals surface area (Å²) in [7, 11) is 0. The van der Waals surface area contributed by atoms with Gasteiger partial charge in [-0.05, 0) is 25.1 Å². The molecule has 0 radical (unpaired) electrons. The smallest absolute Gasteiger partial charge is 0.327 e. The van der Waals surface area contributed by atoms with Crippen LogP contribution < -0.4 is 5.32 Å². The molecule has 0 saturated carbocycles. The minimum atomic E-state index is -1.00. The van der Waals surface area contributed by atoms with Crippen LogP contribution in [0, 0.1) is 0 Å². The number of rotatable bonds is 2. The number of carbonyl (C=O) groups excluding carboxylic acids is 1. The SMILES string of the molecule is CC1SCC(C(=O)O)N1C(=O)Nc1cc(Br)ccc1Cl. The molecule has 2 rings (SSSR count). The van der Waals surface area contributed by atoms with Crippen LogP contribution in [-0.2, 0) is 4.79 Å². The highest BCUT2D eigenvalue weighted by Gasteiger charge is 2.39. The number of halogens is 2. The predicted octanol–water partition coefficient (Wildman–Crippen LogP) is 3.48. The number of amides is 2. The van der Waals surface area contributed by atoms with Gasteiger partial charge in [-0.25, -0.2) is 9.59 Å². The Morgan fingerprint density at radius 2 is 2.25 bits per heavy atom. The number of urea groups is 1. The van der Waals surface area contributed by atoms with E-state index >= 15 is 0 Å². The number of carbonyl (C=O) groups is 2. The lowest BCUT2D eigenvalue weighted by atomic mass is 10.3. The summed E-state index contributed by atoms with van der Waals surface area (Å²) in [6.07, 6.45) is 0. The number of thioether (sulfide) groups is 1. The van der Waals surface area contributed by atoms with Crippen molar-refractivity contribution in [1.82, 2.24) is 4.90 Å². The Bertz CT molecular complexity index is 558. The molecule has 1 aliphatic rings. The molecule has 1 aliphatic heterocycles. The third-order valence-electron chi connectivity index (χ3n) is 2.91. The molecule has 0 spiro atoms. The molecular weight excluding hydrogens is 368 g/mol. The average molecular weight is 380 g/mol. The van der Waals surface area contributed by atoms with Crippen molar-refractivity contribution >= 4 is 57.0 Å². The maximum atomic E-state index is 12.3. The molecule has 0 aliphatic carbocycles. The highest BCUT2D eigenvalue weighted by molar-refractivity contribution is 9.10. The van der Waals surface area contributed by atoms with Crippen LogP contribution in [0.1, 0.15) is 6.92 Å². The van der Waals surface area contributed by atoms with E-state index < -0.39 is 18.0 Å². The summed E-state index contributed by atoms with van der Waals surface area (Å²) < 4.78 is 0.774. The standard InChI is InChI=1S/C12H12BrClN2O3S/c1-6-16(10(5-20-6)11(17)18)12(19)15-9-4-7(13)2-3-8(9)14/h2-4,6,10H,5H2,1H3,(H,15,19)(H,17,18). The zero-order chi connectivity index (χ0) is 14.9. The minimum absolute atomic E-state index is 0.193. The maximum absolute atomic E-state index is 12.3. The second-order valence-corrected chi connectivity index (χ2v) is 6.92. The molecule has 2 unspecified atom stereocenters. The normalized spacial score (nSPS) is 21.9. The van der Waals surface area contributed by atoms with E-state index in [1.54, 1.807) is 25.1 Å². The van der Waals surface area contributed by atoms with Gasteiger partial charge in [0.25, 0.3) is 0 Å². The second kappa shape index (κ2) is 6.24. The molecule has 8 heteroatoms. The number of hydrogen-bond acceptors (Lipinski definition) is 3. The predicted molar refractivity (Wildman–Crippen MR) is 83.4 cm³/mol. The van der Waals surface area contributed by atoms with E-state index in [9.17, 15) is 9.59 Å². The number of nitrogens with one attached hydrogen (secondary N) is 1. The summed E-state index contributed by atoms with van der Waals surface area (Å²) in [5, 5.41) is 12.0. The van der Waals surface area contributed by atoms with Crippen LogP contribution in [-0.4, -0.2) is 39.2 Å². The van der Waals surface area contributed by atoms with Crippen molar-refractivity contribution < 1.29 is 14.7 Å². The fourth-order valence-electron chi connectivity index (χ4n) is 1.91. The van der Waals surface area contributed by atoms with Gasteiger partial charge in [-0.1, -0.05) is 27.5 Å². The molecule has 1 saturated heterocycles. The Balaban J connectivity index is 2.18. The van der Waals surface area contributed by atoms with Crippen LogP contribution in [0.15, 0.2) is 22.7 Å². The zero-order valence-corrected chi connectivity index (χ0v) is 13.6. The molecule has 0 aromatic heterocycles. The monoisotopic (exact) mass is 378 g/mol. The Morgan fingerprint density at radius 3 is 2.90 bits per heavy atom. The van der Waals surface area contributed by atoms with E-state index in [0.717, 1.165) is 4.47 Å². The Labute approximate surface area is 133 Å². The second-order valence-electron chi connectivity index (χ2n) is 4.25. The number of benzene rings is 1. The lowest BCUT2D eigenvalue weighted by Gasteiger charge is -2.25. The molecule has 20 heavy (non-hydrogen) atoms. The van der Waals surface area contributed by atoms with Gasteiger partial charge in [-0.15, -0.1) is 11.8 Å². The van der Waals surface area contributed by atoms with Gasteiger partial charge >= 0.3 is 12.0 Å². The first-order chi connectivity index (χ1) is 9.40. The van der Waals surface area contributed by atoms with Gasteiger partial charge in [-0.3, -0.25) is 4.90 Å². The lowest BCUT2D eigenvalue weighted by Crippen LogP contribution is -2.46. The van der Waals surface area contributed by atoms with Gasteiger partial charge in [0.05, 0.1) is 16.1 Å². The van der Waals surface area contributed by atoms with Crippen LogP contribution in [0.4, 0.5) is 10.5 Å². The first kappa shape index (κ1) is 15.5. The number of hydrogen-bond donors (Lipinski definition) is 2. The molecule has 5 nitrogen and oxygen atoms in total. The third-order valence-corrected chi connectivity index (χ3v) is 4.95. The van der Waals surface area contributed by atoms with Gasteiger partial charge in [-0.2, -0.15) is 0 Å². The van der Waals surface area contributed by atoms with Crippen molar-refractivity contribution in [3.05, 3.63) is 27.7 Å². The number of carboxylic acids is 1. The van der Waals surface area contributed by atoms with Crippen molar-refractivity contribution in [1.29, 1.82) is 0 Å². The summed E-state index contributed by atoms with van der Waals surface area (Å²) in [4.78, 5) is 24.8. The molecule has 108 valence electrons. The summed E-state index contributed by atoms with van der Waals surface area (Å²) in [6.45, 7) is 1.80. The number of carboxylic acid groups (broad SMARTS) is 1. The van der Waals surface area contributed by atoms with Crippen molar-refractivity contribution in [2.45, 2.75) is 18.3 Å². The largest absolute Gasteiger partial charge is 0.480 e. The Hall–Kier alpha value is -0.920. The summed E-state index contributed by atoms with van der Waals surface area (Å²) in [6, 6.07) is 3.80. The van der Waals surface area contributed by atoms with Gasteiger partial charge < -0.3 is 10.4 Å². The Morgan fingerprint density at radius 1 is 1.55 bits per heavy atom. The first-order valence-electron chi connectivity index (χ1n) is 5.79. The van der Waals surface area contributed by atoms with Crippen molar-refractivity contribution in [3.8, 4) is 0 Å². The van der Waals surface area contributed by atoms with Gasteiger partial charge in [0, 0.05) is 10.2 Å². The third kappa shape index (κ3) is 3.21. The molecule has 1 aromatic carbocycles. The van der Waals surface area contributed by atoms with E-state index in [1.165, 1.54) is 16.7 Å². The Kier molecular flexibility index (Phi) is 4.82.